The molecule has 0 radical (unpaired) electrons. The Labute approximate surface area is 141 Å². The van der Waals surface area contributed by atoms with Crippen LogP contribution in [0.25, 0.3) is 10.9 Å². The Balaban J connectivity index is 1.57. The van der Waals surface area contributed by atoms with Crippen molar-refractivity contribution in [2.24, 2.45) is 0 Å². The molecule has 124 valence electrons. The standard InChI is InChI=1S/C19H22N4O/c1-2-24-18-13-22(12-17-9-10-20-23(17)14-18)11-16-8-7-15-5-3-4-6-19(15)21-16/h3-10,18H,2,11-14H2,1H3/t18-/m0/s1. The van der Waals surface area contributed by atoms with E-state index in [4.69, 9.17) is 9.72 Å². The number of para-hydroxylation sites is 1. The summed E-state index contributed by atoms with van der Waals surface area (Å²) >= 11 is 0. The molecule has 0 bridgehead atoms. The van der Waals surface area contributed by atoms with Crippen molar-refractivity contribution in [1.82, 2.24) is 19.7 Å². The summed E-state index contributed by atoms with van der Waals surface area (Å²) in [4.78, 5) is 7.21. The number of hydrogen-bond acceptors (Lipinski definition) is 4. The van der Waals surface area contributed by atoms with Crippen molar-refractivity contribution in [3.8, 4) is 0 Å². The lowest BCUT2D eigenvalue weighted by molar-refractivity contribution is 0.0249. The van der Waals surface area contributed by atoms with Gasteiger partial charge in [0.05, 0.1) is 29.6 Å². The third-order valence-corrected chi connectivity index (χ3v) is 4.47. The summed E-state index contributed by atoms with van der Waals surface area (Å²) in [6.45, 7) is 6.18. The van der Waals surface area contributed by atoms with Gasteiger partial charge in [-0.15, -0.1) is 0 Å². The number of aromatic nitrogens is 3. The molecule has 1 aromatic carbocycles. The SMILES string of the molecule is CCO[C@H]1CN(Cc2ccc3ccccc3n2)Cc2ccnn2C1. The van der Waals surface area contributed by atoms with E-state index in [2.05, 4.69) is 45.0 Å². The van der Waals surface area contributed by atoms with Crippen LogP contribution in [0, 0.1) is 0 Å². The number of hydrogen-bond donors (Lipinski definition) is 0. The first kappa shape index (κ1) is 15.3. The largest absolute Gasteiger partial charge is 0.375 e. The molecule has 0 amide bonds. The highest BCUT2D eigenvalue weighted by molar-refractivity contribution is 5.78. The van der Waals surface area contributed by atoms with Gasteiger partial charge in [0, 0.05) is 37.8 Å². The van der Waals surface area contributed by atoms with Crippen LogP contribution in [0.15, 0.2) is 48.7 Å². The summed E-state index contributed by atoms with van der Waals surface area (Å²) in [5.74, 6) is 0. The average molecular weight is 322 g/mol. The van der Waals surface area contributed by atoms with Crippen LogP contribution >= 0.6 is 0 Å². The van der Waals surface area contributed by atoms with E-state index in [0.29, 0.717) is 0 Å². The minimum atomic E-state index is 0.164. The normalized spacial score (nSPS) is 18.5. The fourth-order valence-corrected chi connectivity index (χ4v) is 3.38. The molecule has 1 aliphatic rings. The van der Waals surface area contributed by atoms with E-state index in [1.54, 1.807) is 0 Å². The average Bonchev–Trinajstić information content (AvgIpc) is 2.95. The zero-order valence-corrected chi connectivity index (χ0v) is 13.9. The molecule has 0 saturated carbocycles. The summed E-state index contributed by atoms with van der Waals surface area (Å²) in [6, 6.07) is 14.6. The summed E-state index contributed by atoms with van der Waals surface area (Å²) < 4.78 is 7.97. The number of rotatable bonds is 4. The van der Waals surface area contributed by atoms with Gasteiger partial charge in [-0.2, -0.15) is 5.10 Å². The number of benzene rings is 1. The van der Waals surface area contributed by atoms with E-state index in [0.717, 1.165) is 44.0 Å². The monoisotopic (exact) mass is 322 g/mol. The van der Waals surface area contributed by atoms with Gasteiger partial charge in [0.15, 0.2) is 0 Å². The molecule has 2 aromatic heterocycles. The van der Waals surface area contributed by atoms with E-state index in [1.807, 2.05) is 25.3 Å². The lowest BCUT2D eigenvalue weighted by Crippen LogP contribution is -2.33. The maximum atomic E-state index is 5.90. The number of nitrogens with zero attached hydrogens (tertiary/aromatic N) is 4. The molecule has 4 rings (SSSR count). The molecule has 0 fully saturated rings. The molecule has 1 aliphatic heterocycles. The highest BCUT2D eigenvalue weighted by atomic mass is 16.5. The van der Waals surface area contributed by atoms with Crippen LogP contribution in [0.2, 0.25) is 0 Å². The summed E-state index contributed by atoms with van der Waals surface area (Å²) in [7, 11) is 0. The minimum absolute atomic E-state index is 0.164. The van der Waals surface area contributed by atoms with E-state index in [1.165, 1.54) is 11.1 Å². The van der Waals surface area contributed by atoms with Crippen molar-refractivity contribution >= 4 is 10.9 Å². The van der Waals surface area contributed by atoms with Gasteiger partial charge in [-0.1, -0.05) is 24.3 Å². The Morgan fingerprint density at radius 3 is 2.96 bits per heavy atom. The number of fused-ring (bicyclic) bond motifs is 2. The van der Waals surface area contributed by atoms with Crippen molar-refractivity contribution in [1.29, 1.82) is 0 Å². The van der Waals surface area contributed by atoms with Gasteiger partial charge in [-0.25, -0.2) is 0 Å². The van der Waals surface area contributed by atoms with Gasteiger partial charge in [-0.3, -0.25) is 14.6 Å². The van der Waals surface area contributed by atoms with E-state index >= 15 is 0 Å². The van der Waals surface area contributed by atoms with E-state index in [9.17, 15) is 0 Å². The van der Waals surface area contributed by atoms with Crippen molar-refractivity contribution in [3.63, 3.8) is 0 Å². The van der Waals surface area contributed by atoms with Crippen LogP contribution in [-0.4, -0.2) is 38.9 Å². The van der Waals surface area contributed by atoms with Crippen molar-refractivity contribution in [3.05, 3.63) is 60.0 Å². The summed E-state index contributed by atoms with van der Waals surface area (Å²) in [6.07, 6.45) is 2.03. The quantitative estimate of drug-likeness (QED) is 0.741. The fraction of sp³-hybridized carbons (Fsp3) is 0.368. The Hall–Kier alpha value is -2.24. The van der Waals surface area contributed by atoms with Crippen LogP contribution in [0.3, 0.4) is 0 Å². The predicted octanol–water partition coefficient (Wildman–Crippen LogP) is 2.85. The van der Waals surface area contributed by atoms with Crippen LogP contribution in [0.1, 0.15) is 18.3 Å². The Morgan fingerprint density at radius 2 is 2.04 bits per heavy atom. The van der Waals surface area contributed by atoms with Gasteiger partial charge in [0.25, 0.3) is 0 Å². The topological polar surface area (TPSA) is 43.2 Å². The maximum absolute atomic E-state index is 5.90. The third kappa shape index (κ3) is 3.18. The Morgan fingerprint density at radius 1 is 1.12 bits per heavy atom. The van der Waals surface area contributed by atoms with Crippen molar-refractivity contribution < 1.29 is 4.74 Å². The molecule has 0 spiro atoms. The molecule has 0 saturated heterocycles. The first-order chi connectivity index (χ1) is 11.8. The molecule has 5 heteroatoms. The smallest absolute Gasteiger partial charge is 0.0897 e. The zero-order chi connectivity index (χ0) is 16.4. The highest BCUT2D eigenvalue weighted by Crippen LogP contribution is 2.18. The van der Waals surface area contributed by atoms with E-state index < -0.39 is 0 Å². The summed E-state index contributed by atoms with van der Waals surface area (Å²) in [5, 5.41) is 5.61. The summed E-state index contributed by atoms with van der Waals surface area (Å²) in [5.41, 5.74) is 3.38. The van der Waals surface area contributed by atoms with Gasteiger partial charge in [-0.05, 0) is 25.1 Å². The van der Waals surface area contributed by atoms with E-state index in [-0.39, 0.29) is 6.10 Å². The first-order valence-corrected chi connectivity index (χ1v) is 8.51. The highest BCUT2D eigenvalue weighted by Gasteiger charge is 2.22. The molecule has 0 unspecified atom stereocenters. The molecule has 24 heavy (non-hydrogen) atoms. The second-order valence-corrected chi connectivity index (χ2v) is 6.25. The molecular weight excluding hydrogens is 300 g/mol. The van der Waals surface area contributed by atoms with Crippen molar-refractivity contribution in [2.75, 3.05) is 13.2 Å². The van der Waals surface area contributed by atoms with Crippen LogP contribution in [0.5, 0.6) is 0 Å². The predicted molar refractivity (Wildman–Crippen MR) is 93.5 cm³/mol. The zero-order valence-electron chi connectivity index (χ0n) is 13.9. The second kappa shape index (κ2) is 6.71. The van der Waals surface area contributed by atoms with Crippen LogP contribution < -0.4 is 0 Å². The lowest BCUT2D eigenvalue weighted by atomic mass is 10.2. The molecule has 5 nitrogen and oxygen atoms in total. The Bertz CT molecular complexity index is 829. The molecule has 0 N–H and O–H groups in total. The third-order valence-electron chi connectivity index (χ3n) is 4.47. The van der Waals surface area contributed by atoms with Gasteiger partial charge in [0.2, 0.25) is 0 Å². The van der Waals surface area contributed by atoms with Crippen LogP contribution in [0.4, 0.5) is 0 Å². The number of pyridine rings is 1. The minimum Gasteiger partial charge on any atom is -0.375 e. The van der Waals surface area contributed by atoms with Crippen LogP contribution in [-0.2, 0) is 24.4 Å². The molecular formula is C19H22N4O. The maximum Gasteiger partial charge on any atom is 0.0897 e. The molecule has 0 aliphatic carbocycles. The van der Waals surface area contributed by atoms with Gasteiger partial charge < -0.3 is 4.74 Å². The molecule has 3 aromatic rings. The number of ether oxygens (including phenoxy) is 1. The molecule has 1 atom stereocenters. The second-order valence-electron chi connectivity index (χ2n) is 6.25. The van der Waals surface area contributed by atoms with Crippen molar-refractivity contribution in [2.45, 2.75) is 32.7 Å². The molecule has 3 heterocycles. The van der Waals surface area contributed by atoms with Gasteiger partial charge >= 0.3 is 0 Å². The lowest BCUT2D eigenvalue weighted by Gasteiger charge is -2.23. The van der Waals surface area contributed by atoms with Gasteiger partial charge in [0.1, 0.15) is 0 Å². The Kier molecular flexibility index (Phi) is 4.28. The first-order valence-electron chi connectivity index (χ1n) is 8.51. The fourth-order valence-electron chi connectivity index (χ4n) is 3.38.